The van der Waals surface area contributed by atoms with Gasteiger partial charge >= 0.3 is 12.1 Å². The van der Waals surface area contributed by atoms with Crippen LogP contribution in [0.1, 0.15) is 43.7 Å². The average molecular weight is 466 g/mol. The first-order valence-corrected chi connectivity index (χ1v) is 11.2. The molecule has 34 heavy (non-hydrogen) atoms. The van der Waals surface area contributed by atoms with E-state index < -0.39 is 36.0 Å². The molecule has 3 N–H and O–H groups in total. The van der Waals surface area contributed by atoms with Gasteiger partial charge in [-0.15, -0.1) is 0 Å². The maximum atomic E-state index is 12.7. The van der Waals surface area contributed by atoms with E-state index in [2.05, 4.69) is 22.9 Å². The minimum absolute atomic E-state index is 0.0894. The molecule has 178 valence electrons. The van der Waals surface area contributed by atoms with Gasteiger partial charge in [-0.3, -0.25) is 15.0 Å². The van der Waals surface area contributed by atoms with E-state index in [1.165, 1.54) is 0 Å². The Bertz CT molecular complexity index is 1090. The van der Waals surface area contributed by atoms with Crippen molar-refractivity contribution in [2.75, 3.05) is 6.61 Å². The van der Waals surface area contributed by atoms with Gasteiger partial charge in [-0.2, -0.15) is 0 Å². The van der Waals surface area contributed by atoms with E-state index in [1.54, 1.807) is 0 Å². The number of nitrogens with one attached hydrogen (secondary N) is 2. The van der Waals surface area contributed by atoms with Gasteiger partial charge < -0.3 is 15.2 Å². The normalized spacial score (nSPS) is 17.7. The number of rotatable bonds is 7. The fraction of sp³-hybridized carbons (Fsp3) is 0.360. The van der Waals surface area contributed by atoms with Gasteiger partial charge in [0.2, 0.25) is 11.8 Å². The Morgan fingerprint density at radius 1 is 1.09 bits per heavy atom. The molecule has 3 amide bonds. The zero-order valence-corrected chi connectivity index (χ0v) is 19.0. The Kier molecular flexibility index (Phi) is 6.54. The quantitative estimate of drug-likeness (QED) is 0.577. The Morgan fingerprint density at radius 2 is 1.68 bits per heavy atom. The second kappa shape index (κ2) is 9.54. The van der Waals surface area contributed by atoms with Crippen LogP contribution in [0.4, 0.5) is 4.79 Å². The first kappa shape index (κ1) is 23.3. The number of hydrazine groups is 1. The van der Waals surface area contributed by atoms with E-state index in [0.717, 1.165) is 27.3 Å². The van der Waals surface area contributed by atoms with Gasteiger partial charge in [-0.1, -0.05) is 62.4 Å². The van der Waals surface area contributed by atoms with Gasteiger partial charge in [0.05, 0.1) is 6.42 Å². The van der Waals surface area contributed by atoms with E-state index in [-0.39, 0.29) is 31.3 Å². The number of nitrogens with zero attached hydrogens (tertiary/aromatic N) is 1. The van der Waals surface area contributed by atoms with Gasteiger partial charge in [0.1, 0.15) is 6.61 Å². The number of hydrogen-bond acceptors (Lipinski definition) is 5. The van der Waals surface area contributed by atoms with Crippen LogP contribution in [0.25, 0.3) is 11.1 Å². The third kappa shape index (κ3) is 4.59. The molecule has 1 heterocycles. The predicted molar refractivity (Wildman–Crippen MR) is 122 cm³/mol. The fourth-order valence-corrected chi connectivity index (χ4v) is 4.49. The van der Waals surface area contributed by atoms with Crippen LogP contribution in [0.5, 0.6) is 0 Å². The monoisotopic (exact) mass is 465 g/mol. The van der Waals surface area contributed by atoms with Crippen molar-refractivity contribution in [1.82, 2.24) is 15.8 Å². The van der Waals surface area contributed by atoms with Gasteiger partial charge in [0, 0.05) is 18.4 Å². The average Bonchev–Trinajstić information content (AvgIpc) is 3.35. The van der Waals surface area contributed by atoms with E-state index in [1.807, 2.05) is 50.2 Å². The highest BCUT2D eigenvalue weighted by Crippen LogP contribution is 2.44. The summed E-state index contributed by atoms with van der Waals surface area (Å²) in [4.78, 5) is 48.3. The molecule has 2 unspecified atom stereocenters. The van der Waals surface area contributed by atoms with Gasteiger partial charge in [0.25, 0.3) is 0 Å². The first-order valence-electron chi connectivity index (χ1n) is 11.2. The van der Waals surface area contributed by atoms with E-state index in [9.17, 15) is 24.3 Å². The van der Waals surface area contributed by atoms with Crippen molar-refractivity contribution in [3.8, 4) is 11.1 Å². The Balaban J connectivity index is 1.39. The van der Waals surface area contributed by atoms with Crippen molar-refractivity contribution in [1.29, 1.82) is 0 Å². The van der Waals surface area contributed by atoms with Crippen LogP contribution in [0.15, 0.2) is 48.5 Å². The smallest absolute Gasteiger partial charge is 0.407 e. The van der Waals surface area contributed by atoms with Crippen molar-refractivity contribution < 1.29 is 29.0 Å². The fourth-order valence-electron chi connectivity index (χ4n) is 4.49. The lowest BCUT2D eigenvalue weighted by atomic mass is 9.98. The third-order valence-corrected chi connectivity index (χ3v) is 6.34. The Hall–Kier alpha value is -3.88. The van der Waals surface area contributed by atoms with Crippen molar-refractivity contribution in [3.05, 3.63) is 59.7 Å². The number of ether oxygens (including phenoxy) is 1. The largest absolute Gasteiger partial charge is 0.480 e. The summed E-state index contributed by atoms with van der Waals surface area (Å²) >= 11 is 0. The van der Waals surface area contributed by atoms with Crippen LogP contribution in [-0.2, 0) is 19.1 Å². The van der Waals surface area contributed by atoms with Crippen LogP contribution in [0.2, 0.25) is 0 Å². The summed E-state index contributed by atoms with van der Waals surface area (Å²) < 4.78 is 5.56. The molecule has 1 fully saturated rings. The molecule has 9 nitrogen and oxygen atoms in total. The lowest BCUT2D eigenvalue weighted by Crippen LogP contribution is -2.50. The molecular weight excluding hydrogens is 438 g/mol. The summed E-state index contributed by atoms with van der Waals surface area (Å²) in [5, 5.41) is 12.8. The van der Waals surface area contributed by atoms with Crippen LogP contribution in [0, 0.1) is 5.92 Å². The molecule has 1 saturated heterocycles. The van der Waals surface area contributed by atoms with Crippen molar-refractivity contribution in [2.24, 2.45) is 5.92 Å². The summed E-state index contributed by atoms with van der Waals surface area (Å²) in [6, 6.07) is 14.2. The molecule has 2 atom stereocenters. The number of alkyl carbamates (subject to hydrolysis) is 1. The molecule has 0 aromatic heterocycles. The molecule has 2 aromatic rings. The minimum atomic E-state index is -1.27. The van der Waals surface area contributed by atoms with E-state index in [0.29, 0.717) is 0 Å². The number of carbonyl (C=O) groups is 4. The topological polar surface area (TPSA) is 125 Å². The SMILES string of the molecule is CC(C)C(CC(=O)N1NC(=O)CC1C(=O)O)NC(=O)OCC1c2ccccc2-c2ccccc21. The molecular formula is C25H27N3O6. The lowest BCUT2D eigenvalue weighted by Gasteiger charge is -2.26. The summed E-state index contributed by atoms with van der Waals surface area (Å²) in [5.41, 5.74) is 6.72. The Labute approximate surface area is 197 Å². The second-order valence-electron chi connectivity index (χ2n) is 8.88. The second-order valence-corrected chi connectivity index (χ2v) is 8.88. The molecule has 1 aliphatic heterocycles. The maximum Gasteiger partial charge on any atom is 0.407 e. The molecule has 1 aliphatic carbocycles. The maximum absolute atomic E-state index is 12.7. The number of carboxylic acid groups (broad SMARTS) is 1. The first-order chi connectivity index (χ1) is 16.3. The van der Waals surface area contributed by atoms with Gasteiger partial charge in [0.15, 0.2) is 6.04 Å². The Morgan fingerprint density at radius 3 is 2.24 bits per heavy atom. The molecule has 4 rings (SSSR count). The molecule has 2 aliphatic rings. The van der Waals surface area contributed by atoms with Crippen LogP contribution in [0.3, 0.4) is 0 Å². The number of amides is 3. The predicted octanol–water partition coefficient (Wildman–Crippen LogP) is 2.66. The highest BCUT2D eigenvalue weighted by molar-refractivity contribution is 5.94. The summed E-state index contributed by atoms with van der Waals surface area (Å²) in [6.45, 7) is 3.81. The molecule has 0 bridgehead atoms. The minimum Gasteiger partial charge on any atom is -0.480 e. The molecule has 2 aromatic carbocycles. The summed E-state index contributed by atoms with van der Waals surface area (Å²) in [5.74, 6) is -2.61. The standard InChI is InChI=1S/C25H27N3O6/c1-14(2)20(11-23(30)28-21(24(31)32)12-22(29)27-28)26-25(33)34-13-19-17-9-5-3-7-15(17)16-8-4-6-10-18(16)19/h3-10,14,19-21H,11-13H2,1-2H3,(H,26,33)(H,27,29)(H,31,32). The number of aliphatic carboxylic acids is 1. The zero-order chi connectivity index (χ0) is 24.4. The highest BCUT2D eigenvalue weighted by Gasteiger charge is 2.40. The summed E-state index contributed by atoms with van der Waals surface area (Å²) in [6.07, 6.45) is -1.13. The van der Waals surface area contributed by atoms with Crippen LogP contribution in [-0.4, -0.2) is 52.7 Å². The molecule has 0 saturated carbocycles. The molecule has 9 heteroatoms. The lowest BCUT2D eigenvalue weighted by molar-refractivity contribution is -0.150. The van der Waals surface area contributed by atoms with Crippen molar-refractivity contribution >= 4 is 23.9 Å². The van der Waals surface area contributed by atoms with Crippen molar-refractivity contribution in [2.45, 2.75) is 44.7 Å². The molecule has 0 radical (unpaired) electrons. The van der Waals surface area contributed by atoms with Crippen LogP contribution < -0.4 is 10.7 Å². The number of carbonyl (C=O) groups excluding carboxylic acids is 3. The number of hydrogen-bond donors (Lipinski definition) is 3. The molecule has 0 spiro atoms. The highest BCUT2D eigenvalue weighted by atomic mass is 16.5. The van der Waals surface area contributed by atoms with Crippen LogP contribution >= 0.6 is 0 Å². The number of benzene rings is 2. The van der Waals surface area contributed by atoms with Gasteiger partial charge in [-0.05, 0) is 28.2 Å². The number of carboxylic acids is 1. The van der Waals surface area contributed by atoms with E-state index >= 15 is 0 Å². The summed E-state index contributed by atoms with van der Waals surface area (Å²) in [7, 11) is 0. The van der Waals surface area contributed by atoms with Crippen molar-refractivity contribution in [3.63, 3.8) is 0 Å². The van der Waals surface area contributed by atoms with Gasteiger partial charge in [-0.25, -0.2) is 14.6 Å². The zero-order valence-electron chi connectivity index (χ0n) is 19.0. The third-order valence-electron chi connectivity index (χ3n) is 6.34. The van der Waals surface area contributed by atoms with E-state index in [4.69, 9.17) is 4.74 Å². The number of fused-ring (bicyclic) bond motifs is 3.